The zero-order valence-electron chi connectivity index (χ0n) is 21.5. The maximum absolute atomic E-state index is 13.0. The highest BCUT2D eigenvalue weighted by Gasteiger charge is 2.32. The van der Waals surface area contributed by atoms with E-state index in [1.807, 2.05) is 42.5 Å². The van der Waals surface area contributed by atoms with Crippen molar-refractivity contribution in [3.63, 3.8) is 0 Å². The van der Waals surface area contributed by atoms with Gasteiger partial charge in [-0.15, -0.1) is 0 Å². The summed E-state index contributed by atoms with van der Waals surface area (Å²) in [4.78, 5) is 28.5. The first kappa shape index (κ1) is 24.3. The molecule has 4 heterocycles. The van der Waals surface area contributed by atoms with Crippen LogP contribution >= 0.6 is 0 Å². The average Bonchev–Trinajstić information content (AvgIpc) is 3.50. The van der Waals surface area contributed by atoms with Crippen LogP contribution in [0.25, 0.3) is 16.6 Å². The minimum absolute atomic E-state index is 0.0714. The number of amides is 1. The van der Waals surface area contributed by atoms with Gasteiger partial charge in [-0.05, 0) is 42.2 Å². The van der Waals surface area contributed by atoms with Crippen molar-refractivity contribution in [2.45, 2.75) is 38.5 Å². The first-order chi connectivity index (χ1) is 18.5. The van der Waals surface area contributed by atoms with Crippen molar-refractivity contribution in [2.24, 2.45) is 7.05 Å². The minimum Gasteiger partial charge on any atom is -0.489 e. The number of aromatic nitrogens is 2. The molecule has 0 spiro atoms. The van der Waals surface area contributed by atoms with E-state index in [9.17, 15) is 14.7 Å². The second-order valence-corrected chi connectivity index (χ2v) is 10.3. The van der Waals surface area contributed by atoms with Crippen LogP contribution in [0, 0.1) is 0 Å². The molecule has 1 unspecified atom stereocenters. The van der Waals surface area contributed by atoms with Crippen LogP contribution in [0.3, 0.4) is 0 Å². The number of nitrogens with zero attached hydrogens (tertiary/aromatic N) is 4. The first-order valence-corrected chi connectivity index (χ1v) is 13.2. The van der Waals surface area contributed by atoms with Crippen molar-refractivity contribution in [3.8, 4) is 11.4 Å². The van der Waals surface area contributed by atoms with Crippen molar-refractivity contribution in [1.82, 2.24) is 18.9 Å². The minimum atomic E-state index is -0.811. The Hall–Kier alpha value is -4.04. The van der Waals surface area contributed by atoms with Gasteiger partial charge >= 0.3 is 6.09 Å². The number of fused-ring (bicyclic) bond motifs is 3. The van der Waals surface area contributed by atoms with E-state index in [0.29, 0.717) is 18.9 Å². The third kappa shape index (κ3) is 4.56. The lowest BCUT2D eigenvalue weighted by Crippen LogP contribution is -2.44. The molecule has 0 radical (unpaired) electrons. The van der Waals surface area contributed by atoms with E-state index >= 15 is 0 Å². The Morgan fingerprint density at radius 2 is 1.92 bits per heavy atom. The molecule has 0 aliphatic carbocycles. The van der Waals surface area contributed by atoms with Gasteiger partial charge in [-0.2, -0.15) is 0 Å². The van der Waals surface area contributed by atoms with E-state index < -0.39 is 6.09 Å². The molecule has 1 atom stereocenters. The predicted molar refractivity (Wildman–Crippen MR) is 146 cm³/mol. The largest absolute Gasteiger partial charge is 0.489 e. The second-order valence-electron chi connectivity index (χ2n) is 10.3. The lowest BCUT2D eigenvalue weighted by Gasteiger charge is -2.32. The lowest BCUT2D eigenvalue weighted by atomic mass is 10.0. The van der Waals surface area contributed by atoms with E-state index in [0.717, 1.165) is 55.7 Å². The molecular formula is C30H32N4O4. The summed E-state index contributed by atoms with van der Waals surface area (Å²) in [6, 6.07) is 19.5. The highest BCUT2D eigenvalue weighted by Crippen LogP contribution is 2.32. The maximum Gasteiger partial charge on any atom is 0.407 e. The van der Waals surface area contributed by atoms with Gasteiger partial charge in [0.2, 0.25) is 0 Å². The van der Waals surface area contributed by atoms with Crippen molar-refractivity contribution >= 4 is 17.0 Å². The molecule has 1 fully saturated rings. The third-order valence-corrected chi connectivity index (χ3v) is 7.98. The smallest absolute Gasteiger partial charge is 0.407 e. The molecule has 1 amide bonds. The summed E-state index contributed by atoms with van der Waals surface area (Å²) in [7, 11) is 2.09. The SMILES string of the molecule is Cn1c2c(c3ccc(-n4ccc(OCc5ccccc5)cc4=O)cc31)CN(CC1CCCN1C(=O)O)CC2. The molecule has 4 aromatic rings. The molecule has 2 aromatic carbocycles. The molecule has 6 rings (SSSR count). The fourth-order valence-corrected chi connectivity index (χ4v) is 6.00. The van der Waals surface area contributed by atoms with Crippen molar-refractivity contribution in [3.05, 3.63) is 94.0 Å². The van der Waals surface area contributed by atoms with Gasteiger partial charge in [0.1, 0.15) is 12.4 Å². The Balaban J connectivity index is 1.22. The fraction of sp³-hybridized carbons (Fsp3) is 0.333. The summed E-state index contributed by atoms with van der Waals surface area (Å²) in [5, 5.41) is 10.7. The van der Waals surface area contributed by atoms with Gasteiger partial charge in [0.25, 0.3) is 5.56 Å². The molecule has 2 aromatic heterocycles. The molecule has 0 saturated carbocycles. The van der Waals surface area contributed by atoms with Gasteiger partial charge in [0, 0.05) is 69.0 Å². The maximum atomic E-state index is 13.0. The van der Waals surface area contributed by atoms with Gasteiger partial charge in [0.15, 0.2) is 0 Å². The highest BCUT2D eigenvalue weighted by molar-refractivity contribution is 5.87. The Morgan fingerprint density at radius 3 is 2.71 bits per heavy atom. The highest BCUT2D eigenvalue weighted by atomic mass is 16.5. The van der Waals surface area contributed by atoms with Crippen LogP contribution in [0.4, 0.5) is 4.79 Å². The fourth-order valence-electron chi connectivity index (χ4n) is 6.00. The Bertz CT molecular complexity index is 1540. The zero-order chi connectivity index (χ0) is 26.2. The number of carbonyl (C=O) groups is 1. The van der Waals surface area contributed by atoms with E-state index in [1.54, 1.807) is 15.7 Å². The Morgan fingerprint density at radius 1 is 1.08 bits per heavy atom. The van der Waals surface area contributed by atoms with Crippen LogP contribution in [-0.2, 0) is 26.6 Å². The van der Waals surface area contributed by atoms with E-state index in [1.165, 1.54) is 22.7 Å². The number of likely N-dealkylation sites (tertiary alicyclic amines) is 1. The number of ether oxygens (including phenoxy) is 1. The summed E-state index contributed by atoms with van der Waals surface area (Å²) < 4.78 is 9.72. The van der Waals surface area contributed by atoms with Crippen molar-refractivity contribution in [1.29, 1.82) is 0 Å². The molecule has 8 heteroatoms. The van der Waals surface area contributed by atoms with Crippen LogP contribution in [0.15, 0.2) is 71.7 Å². The monoisotopic (exact) mass is 512 g/mol. The lowest BCUT2D eigenvalue weighted by molar-refractivity contribution is 0.122. The van der Waals surface area contributed by atoms with Crippen molar-refractivity contribution < 1.29 is 14.6 Å². The van der Waals surface area contributed by atoms with Gasteiger partial charge in [-0.3, -0.25) is 14.3 Å². The van der Waals surface area contributed by atoms with Crippen molar-refractivity contribution in [2.75, 3.05) is 19.6 Å². The van der Waals surface area contributed by atoms with E-state index in [2.05, 4.69) is 28.6 Å². The van der Waals surface area contributed by atoms with E-state index in [4.69, 9.17) is 4.74 Å². The molecule has 38 heavy (non-hydrogen) atoms. The van der Waals surface area contributed by atoms with Gasteiger partial charge in [-0.1, -0.05) is 36.4 Å². The van der Waals surface area contributed by atoms with Gasteiger partial charge in [-0.25, -0.2) is 4.79 Å². The second kappa shape index (κ2) is 10.0. The number of pyridine rings is 1. The molecule has 0 bridgehead atoms. The summed E-state index contributed by atoms with van der Waals surface area (Å²) in [5.74, 6) is 0.550. The number of hydrogen-bond donors (Lipinski definition) is 1. The third-order valence-electron chi connectivity index (χ3n) is 7.98. The summed E-state index contributed by atoms with van der Waals surface area (Å²) in [6.45, 7) is 3.54. The molecule has 2 aliphatic heterocycles. The molecule has 1 saturated heterocycles. The molecule has 1 N–H and O–H groups in total. The summed E-state index contributed by atoms with van der Waals surface area (Å²) >= 11 is 0. The van der Waals surface area contributed by atoms with Crippen LogP contribution < -0.4 is 10.3 Å². The number of benzene rings is 2. The standard InChI is InChI=1S/C30H32N4O4/c1-31-27-12-14-32(18-23-8-5-13-34(23)30(36)37)19-26(27)25-10-9-22(16-28(25)31)33-15-11-24(17-29(33)35)38-20-21-6-3-2-4-7-21/h2-4,6-7,9-11,15-17,23H,5,8,12-14,18-20H2,1H3,(H,36,37). The Labute approximate surface area is 221 Å². The predicted octanol–water partition coefficient (Wildman–Crippen LogP) is 4.41. The molecular weight excluding hydrogens is 480 g/mol. The quantitative estimate of drug-likeness (QED) is 0.414. The van der Waals surface area contributed by atoms with Crippen LogP contribution in [0.5, 0.6) is 5.75 Å². The molecule has 8 nitrogen and oxygen atoms in total. The topological polar surface area (TPSA) is 79.9 Å². The molecule has 196 valence electrons. The Kier molecular flexibility index (Phi) is 6.41. The summed E-state index contributed by atoms with van der Waals surface area (Å²) in [5.41, 5.74) is 5.44. The summed E-state index contributed by atoms with van der Waals surface area (Å²) in [6.07, 6.45) is 3.74. The normalized spacial score (nSPS) is 17.6. The van der Waals surface area contributed by atoms with E-state index in [-0.39, 0.29) is 11.6 Å². The van der Waals surface area contributed by atoms with Gasteiger partial charge < -0.3 is 19.3 Å². The number of rotatable bonds is 6. The number of hydrogen-bond acceptors (Lipinski definition) is 4. The molecule has 2 aliphatic rings. The van der Waals surface area contributed by atoms with Crippen LogP contribution in [0.2, 0.25) is 0 Å². The van der Waals surface area contributed by atoms with Crippen LogP contribution in [0.1, 0.15) is 29.7 Å². The number of carboxylic acid groups (broad SMARTS) is 1. The first-order valence-electron chi connectivity index (χ1n) is 13.2. The van der Waals surface area contributed by atoms with Gasteiger partial charge in [0.05, 0.1) is 11.2 Å². The van der Waals surface area contributed by atoms with Crippen LogP contribution in [-0.4, -0.2) is 55.8 Å². The number of aryl methyl sites for hydroxylation is 1. The zero-order valence-corrected chi connectivity index (χ0v) is 21.5. The average molecular weight is 513 g/mol.